The van der Waals surface area contributed by atoms with Crippen LogP contribution in [0.1, 0.15) is 31.1 Å². The molecule has 0 fully saturated rings. The van der Waals surface area contributed by atoms with Crippen molar-refractivity contribution < 1.29 is 14.6 Å². The average molecular weight is 241 g/mol. The molecule has 0 amide bonds. The smallest absolute Gasteiger partial charge is 0.126 e. The molecule has 0 aliphatic rings. The summed E-state index contributed by atoms with van der Waals surface area (Å²) in [4.78, 5) is 1.84. The molecule has 1 unspecified atom stereocenters. The quantitative estimate of drug-likeness (QED) is 0.847. The number of nitrogens with zero attached hydrogens (tertiary/aromatic N) is 1. The first-order valence-corrected chi connectivity index (χ1v) is 5.70. The van der Waals surface area contributed by atoms with E-state index in [9.17, 15) is 9.50 Å². The summed E-state index contributed by atoms with van der Waals surface area (Å²) in [5.41, 5.74) is 1.82. The van der Waals surface area contributed by atoms with Gasteiger partial charge in [0.05, 0.1) is 12.7 Å². The fourth-order valence-electron chi connectivity index (χ4n) is 1.68. The Balaban J connectivity index is 3.25. The van der Waals surface area contributed by atoms with Gasteiger partial charge in [-0.05, 0) is 38.5 Å². The van der Waals surface area contributed by atoms with Crippen molar-refractivity contribution in [1.29, 1.82) is 0 Å². The third-order valence-corrected chi connectivity index (χ3v) is 3.06. The fraction of sp³-hybridized carbons (Fsp3) is 0.538. The molecule has 0 aromatic heterocycles. The highest BCUT2D eigenvalue weighted by Crippen LogP contribution is 2.29. The van der Waals surface area contributed by atoms with Crippen LogP contribution in [-0.4, -0.2) is 29.9 Å². The van der Waals surface area contributed by atoms with Crippen LogP contribution in [0.3, 0.4) is 0 Å². The van der Waals surface area contributed by atoms with E-state index in [1.165, 1.54) is 6.07 Å². The summed E-state index contributed by atoms with van der Waals surface area (Å²) in [5, 5.41) is 18.8. The molecule has 0 saturated carbocycles. The molecule has 3 nitrogen and oxygen atoms in total. The number of halogens is 1. The van der Waals surface area contributed by atoms with E-state index in [2.05, 4.69) is 0 Å². The first-order valence-electron chi connectivity index (χ1n) is 5.70. The van der Waals surface area contributed by atoms with Gasteiger partial charge >= 0.3 is 0 Å². The van der Waals surface area contributed by atoms with Crippen molar-refractivity contribution in [2.45, 2.75) is 32.9 Å². The van der Waals surface area contributed by atoms with Gasteiger partial charge in [-0.25, -0.2) is 4.39 Å². The number of hydrogen-bond acceptors (Lipinski definition) is 3. The summed E-state index contributed by atoms with van der Waals surface area (Å²) in [5.74, 6) is -0.324. The number of hydrogen-bond donors (Lipinski definition) is 2. The lowest BCUT2D eigenvalue weighted by Crippen LogP contribution is -2.32. The van der Waals surface area contributed by atoms with Gasteiger partial charge in [0.1, 0.15) is 5.82 Å². The van der Waals surface area contributed by atoms with Gasteiger partial charge in [-0.15, -0.1) is 0 Å². The number of benzene rings is 1. The monoisotopic (exact) mass is 241 g/mol. The molecule has 1 rings (SSSR count). The SMILES string of the molecule is Cc1cc(N(C)C(C)CO)c([C@@H](C)O)cc1F. The molecule has 0 spiro atoms. The summed E-state index contributed by atoms with van der Waals surface area (Å²) < 4.78 is 13.5. The van der Waals surface area contributed by atoms with Gasteiger partial charge in [0.15, 0.2) is 0 Å². The molecule has 1 aromatic rings. The standard InChI is InChI=1S/C13H20FNO2/c1-8-5-13(15(4)9(2)7-16)11(10(3)17)6-12(8)14/h5-6,9-10,16-17H,7H2,1-4H3/t9?,10-/m1/s1. The fourth-order valence-corrected chi connectivity index (χ4v) is 1.68. The average Bonchev–Trinajstić information content (AvgIpc) is 2.29. The van der Waals surface area contributed by atoms with Crippen molar-refractivity contribution in [1.82, 2.24) is 0 Å². The summed E-state index contributed by atoms with van der Waals surface area (Å²) >= 11 is 0. The molecule has 0 aliphatic carbocycles. The van der Waals surface area contributed by atoms with Crippen LogP contribution in [0.4, 0.5) is 10.1 Å². The Labute approximate surface area is 101 Å². The highest BCUT2D eigenvalue weighted by molar-refractivity contribution is 5.56. The Morgan fingerprint density at radius 2 is 1.94 bits per heavy atom. The van der Waals surface area contributed by atoms with Gasteiger partial charge in [-0.2, -0.15) is 0 Å². The lowest BCUT2D eigenvalue weighted by molar-refractivity contribution is 0.198. The third kappa shape index (κ3) is 2.96. The number of likely N-dealkylation sites (N-methyl/N-ethyl adjacent to an activating group) is 1. The van der Waals surface area contributed by atoms with E-state index in [4.69, 9.17) is 5.11 Å². The predicted octanol–water partition coefficient (Wildman–Crippen LogP) is 2.00. The van der Waals surface area contributed by atoms with Gasteiger partial charge in [0.25, 0.3) is 0 Å². The topological polar surface area (TPSA) is 43.7 Å². The van der Waals surface area contributed by atoms with Crippen LogP contribution in [0.5, 0.6) is 0 Å². The normalized spacial score (nSPS) is 14.5. The maximum Gasteiger partial charge on any atom is 0.126 e. The zero-order chi connectivity index (χ0) is 13.2. The van der Waals surface area contributed by atoms with Crippen molar-refractivity contribution in [2.75, 3.05) is 18.6 Å². The Kier molecular flexibility index (Phi) is 4.48. The largest absolute Gasteiger partial charge is 0.394 e. The van der Waals surface area contributed by atoms with Gasteiger partial charge in [0.2, 0.25) is 0 Å². The van der Waals surface area contributed by atoms with Crippen molar-refractivity contribution in [3.63, 3.8) is 0 Å². The number of anilines is 1. The lowest BCUT2D eigenvalue weighted by atomic mass is 10.0. The number of aliphatic hydroxyl groups is 2. The van der Waals surface area contributed by atoms with E-state index < -0.39 is 6.10 Å². The number of aliphatic hydroxyl groups excluding tert-OH is 2. The third-order valence-electron chi connectivity index (χ3n) is 3.06. The zero-order valence-electron chi connectivity index (χ0n) is 10.7. The van der Waals surface area contributed by atoms with Crippen molar-refractivity contribution in [3.05, 3.63) is 29.1 Å². The summed E-state index contributed by atoms with van der Waals surface area (Å²) in [6, 6.07) is 2.97. The van der Waals surface area contributed by atoms with Crippen molar-refractivity contribution in [3.8, 4) is 0 Å². The van der Waals surface area contributed by atoms with Gasteiger partial charge in [-0.3, -0.25) is 0 Å². The first-order chi connectivity index (χ1) is 7.88. The first kappa shape index (κ1) is 13.9. The minimum Gasteiger partial charge on any atom is -0.394 e. The van der Waals surface area contributed by atoms with E-state index >= 15 is 0 Å². The van der Waals surface area contributed by atoms with E-state index in [-0.39, 0.29) is 18.5 Å². The zero-order valence-corrected chi connectivity index (χ0v) is 10.7. The highest BCUT2D eigenvalue weighted by Gasteiger charge is 2.17. The van der Waals surface area contributed by atoms with Crippen molar-refractivity contribution >= 4 is 5.69 Å². The molecule has 0 heterocycles. The Hall–Kier alpha value is -1.13. The molecule has 0 saturated heterocycles. The molecule has 2 atom stereocenters. The van der Waals surface area contributed by atoms with Gasteiger partial charge in [-0.1, -0.05) is 0 Å². The van der Waals surface area contributed by atoms with E-state index in [0.717, 1.165) is 5.69 Å². The van der Waals surface area contributed by atoms with Crippen LogP contribution in [-0.2, 0) is 0 Å². The second-order valence-corrected chi connectivity index (χ2v) is 4.48. The van der Waals surface area contributed by atoms with Gasteiger partial charge < -0.3 is 15.1 Å². The number of aryl methyl sites for hydroxylation is 1. The van der Waals surface area contributed by atoms with Crippen LogP contribution < -0.4 is 4.90 Å². The maximum absolute atomic E-state index is 13.5. The molecule has 0 bridgehead atoms. The molecular weight excluding hydrogens is 221 g/mol. The van der Waals surface area contributed by atoms with Crippen molar-refractivity contribution in [2.24, 2.45) is 0 Å². The maximum atomic E-state index is 13.5. The second-order valence-electron chi connectivity index (χ2n) is 4.48. The second kappa shape index (κ2) is 5.47. The summed E-state index contributed by atoms with van der Waals surface area (Å²) in [6.45, 7) is 5.16. The summed E-state index contributed by atoms with van der Waals surface area (Å²) in [7, 11) is 1.82. The lowest BCUT2D eigenvalue weighted by Gasteiger charge is -2.29. The molecule has 0 radical (unpaired) electrons. The molecule has 4 heteroatoms. The molecule has 2 N–H and O–H groups in total. The highest BCUT2D eigenvalue weighted by atomic mass is 19.1. The van der Waals surface area contributed by atoms with Crippen LogP contribution in [0.15, 0.2) is 12.1 Å². The molecular formula is C13H20FNO2. The molecule has 1 aromatic carbocycles. The minimum absolute atomic E-state index is 0.00612. The minimum atomic E-state index is -0.742. The summed E-state index contributed by atoms with van der Waals surface area (Å²) in [6.07, 6.45) is -0.742. The van der Waals surface area contributed by atoms with E-state index in [1.54, 1.807) is 19.9 Å². The molecule has 17 heavy (non-hydrogen) atoms. The molecule has 96 valence electrons. The van der Waals surface area contributed by atoms with E-state index in [0.29, 0.717) is 11.1 Å². The van der Waals surface area contributed by atoms with Crippen LogP contribution >= 0.6 is 0 Å². The van der Waals surface area contributed by atoms with Gasteiger partial charge in [0, 0.05) is 24.3 Å². The molecule has 0 aliphatic heterocycles. The predicted molar refractivity (Wildman–Crippen MR) is 66.7 cm³/mol. The Morgan fingerprint density at radius 3 is 2.41 bits per heavy atom. The Morgan fingerprint density at radius 1 is 1.35 bits per heavy atom. The van der Waals surface area contributed by atoms with Crippen LogP contribution in [0.2, 0.25) is 0 Å². The van der Waals surface area contributed by atoms with Crippen LogP contribution in [0.25, 0.3) is 0 Å². The Bertz CT molecular complexity index is 393. The number of rotatable bonds is 4. The van der Waals surface area contributed by atoms with Crippen LogP contribution in [0, 0.1) is 12.7 Å². The van der Waals surface area contributed by atoms with E-state index in [1.807, 2.05) is 18.9 Å².